The van der Waals surface area contributed by atoms with Gasteiger partial charge in [0.15, 0.2) is 5.96 Å². The smallest absolute Gasteiger partial charge is 0.191 e. The van der Waals surface area contributed by atoms with Gasteiger partial charge in [-0.15, -0.1) is 24.0 Å². The lowest BCUT2D eigenvalue weighted by molar-refractivity contribution is 0.223. The number of guanidine groups is 1. The van der Waals surface area contributed by atoms with Crippen LogP contribution in [0.5, 0.6) is 5.75 Å². The molecule has 8 heteroatoms. The van der Waals surface area contributed by atoms with Gasteiger partial charge >= 0.3 is 0 Å². The summed E-state index contributed by atoms with van der Waals surface area (Å²) in [6.07, 6.45) is 1.57. The number of halogens is 2. The average Bonchev–Trinajstić information content (AvgIpc) is 3.14. The van der Waals surface area contributed by atoms with E-state index in [1.165, 1.54) is 12.1 Å². The van der Waals surface area contributed by atoms with E-state index in [9.17, 15) is 4.39 Å². The molecule has 0 saturated heterocycles. The first-order valence-corrected chi connectivity index (χ1v) is 8.56. The number of ether oxygens (including phenoxy) is 1. The molecule has 27 heavy (non-hydrogen) atoms. The summed E-state index contributed by atoms with van der Waals surface area (Å²) in [5.41, 5.74) is 0. The van der Waals surface area contributed by atoms with Crippen molar-refractivity contribution in [1.82, 2.24) is 15.5 Å². The van der Waals surface area contributed by atoms with E-state index in [-0.39, 0.29) is 41.9 Å². The molecule has 6 nitrogen and oxygen atoms in total. The molecule has 0 aliphatic heterocycles. The second-order valence-corrected chi connectivity index (χ2v) is 6.21. The first-order valence-electron chi connectivity index (χ1n) is 8.56. The Morgan fingerprint density at radius 2 is 1.85 bits per heavy atom. The van der Waals surface area contributed by atoms with E-state index in [4.69, 9.17) is 9.15 Å². The van der Waals surface area contributed by atoms with Crippen molar-refractivity contribution in [2.75, 3.05) is 34.2 Å². The van der Waals surface area contributed by atoms with Crippen molar-refractivity contribution in [2.45, 2.75) is 19.1 Å². The maximum absolute atomic E-state index is 12.9. The van der Waals surface area contributed by atoms with Gasteiger partial charge in [-0.3, -0.25) is 9.89 Å². The van der Waals surface area contributed by atoms with Crippen LogP contribution in [-0.4, -0.2) is 51.2 Å². The van der Waals surface area contributed by atoms with E-state index in [2.05, 4.69) is 20.5 Å². The Kier molecular flexibility index (Phi) is 10.2. The third-order valence-corrected chi connectivity index (χ3v) is 3.89. The van der Waals surface area contributed by atoms with Crippen molar-refractivity contribution in [3.8, 4) is 5.75 Å². The molecule has 0 saturated carbocycles. The van der Waals surface area contributed by atoms with Crippen molar-refractivity contribution in [3.63, 3.8) is 0 Å². The molecular weight excluding hydrogens is 462 g/mol. The van der Waals surface area contributed by atoms with Gasteiger partial charge in [-0.2, -0.15) is 0 Å². The Morgan fingerprint density at radius 3 is 2.41 bits per heavy atom. The number of hydrogen-bond donors (Lipinski definition) is 2. The molecule has 0 aliphatic carbocycles. The Balaban J connectivity index is 0.00000364. The number of rotatable bonds is 8. The Labute approximate surface area is 177 Å². The Bertz CT molecular complexity index is 678. The lowest BCUT2D eigenvalue weighted by atomic mass is 10.2. The van der Waals surface area contributed by atoms with Gasteiger partial charge in [0.2, 0.25) is 0 Å². The highest BCUT2D eigenvalue weighted by Gasteiger charge is 2.17. The van der Waals surface area contributed by atoms with E-state index in [0.29, 0.717) is 24.8 Å². The van der Waals surface area contributed by atoms with Crippen LogP contribution in [0, 0.1) is 5.82 Å². The minimum absolute atomic E-state index is 0. The standard InChI is InChI=1S/C19H27FN4O2.HI/c1-14(26-16-9-7-15(20)8-10-16)12-22-19(21-2)23-13-17(24(3)4)18-6-5-11-25-18;/h5-11,14,17H,12-13H2,1-4H3,(H2,21,22,23);1H. The SMILES string of the molecule is CN=C(NCC(C)Oc1ccc(F)cc1)NCC(c1ccco1)N(C)C.I. The van der Waals surface area contributed by atoms with Crippen LogP contribution >= 0.6 is 24.0 Å². The summed E-state index contributed by atoms with van der Waals surface area (Å²) in [6.45, 7) is 3.15. The molecule has 2 atom stereocenters. The van der Waals surface area contributed by atoms with Crippen molar-refractivity contribution in [2.24, 2.45) is 4.99 Å². The van der Waals surface area contributed by atoms with Gasteiger partial charge in [-0.1, -0.05) is 0 Å². The largest absolute Gasteiger partial charge is 0.489 e. The molecule has 2 aromatic rings. The van der Waals surface area contributed by atoms with Gasteiger partial charge in [0.25, 0.3) is 0 Å². The van der Waals surface area contributed by atoms with E-state index in [1.807, 2.05) is 33.2 Å². The molecule has 2 rings (SSSR count). The zero-order valence-corrected chi connectivity index (χ0v) is 18.4. The fourth-order valence-electron chi connectivity index (χ4n) is 2.46. The van der Waals surface area contributed by atoms with Crippen LogP contribution in [0.2, 0.25) is 0 Å². The zero-order chi connectivity index (χ0) is 18.9. The predicted octanol–water partition coefficient (Wildman–Crippen LogP) is 3.27. The highest BCUT2D eigenvalue weighted by atomic mass is 127. The van der Waals surface area contributed by atoms with Crippen LogP contribution in [0.3, 0.4) is 0 Å². The lowest BCUT2D eigenvalue weighted by Crippen LogP contribution is -2.44. The first-order chi connectivity index (χ1) is 12.5. The van der Waals surface area contributed by atoms with E-state index in [0.717, 1.165) is 5.76 Å². The molecular formula is C19H28FIN4O2. The monoisotopic (exact) mass is 490 g/mol. The van der Waals surface area contributed by atoms with Crippen molar-refractivity contribution in [1.29, 1.82) is 0 Å². The third kappa shape index (κ3) is 7.76. The van der Waals surface area contributed by atoms with Crippen molar-refractivity contribution in [3.05, 3.63) is 54.2 Å². The van der Waals surface area contributed by atoms with Gasteiger partial charge < -0.3 is 19.8 Å². The number of aliphatic imine (C=N–C) groups is 1. The number of nitrogens with one attached hydrogen (secondary N) is 2. The molecule has 1 heterocycles. The zero-order valence-electron chi connectivity index (χ0n) is 16.1. The summed E-state index contributed by atoms with van der Waals surface area (Å²) >= 11 is 0. The number of likely N-dealkylation sites (N-methyl/N-ethyl adjacent to an activating group) is 1. The van der Waals surface area contributed by atoms with Crippen LogP contribution in [0.15, 0.2) is 52.1 Å². The molecule has 1 aromatic carbocycles. The van der Waals surface area contributed by atoms with Crippen LogP contribution < -0.4 is 15.4 Å². The maximum atomic E-state index is 12.9. The summed E-state index contributed by atoms with van der Waals surface area (Å²) in [7, 11) is 5.73. The first kappa shape index (κ1) is 23.2. The molecule has 2 N–H and O–H groups in total. The van der Waals surface area contributed by atoms with Gasteiger partial charge in [-0.25, -0.2) is 4.39 Å². The molecule has 1 aromatic heterocycles. The molecule has 0 spiro atoms. The molecule has 0 amide bonds. The van der Waals surface area contributed by atoms with E-state index < -0.39 is 0 Å². The Morgan fingerprint density at radius 1 is 1.19 bits per heavy atom. The van der Waals surface area contributed by atoms with Crippen LogP contribution in [-0.2, 0) is 0 Å². The van der Waals surface area contributed by atoms with Crippen LogP contribution in [0.25, 0.3) is 0 Å². The van der Waals surface area contributed by atoms with Crippen LogP contribution in [0.1, 0.15) is 18.7 Å². The van der Waals surface area contributed by atoms with Crippen molar-refractivity contribution >= 4 is 29.9 Å². The fourth-order valence-corrected chi connectivity index (χ4v) is 2.46. The minimum Gasteiger partial charge on any atom is -0.489 e. The second-order valence-electron chi connectivity index (χ2n) is 6.21. The van der Waals surface area contributed by atoms with Gasteiger partial charge in [-0.05, 0) is 57.4 Å². The van der Waals surface area contributed by atoms with Crippen LogP contribution in [0.4, 0.5) is 4.39 Å². The highest BCUT2D eigenvalue weighted by molar-refractivity contribution is 14.0. The van der Waals surface area contributed by atoms with Gasteiger partial charge in [0.05, 0.1) is 18.8 Å². The molecule has 0 fully saturated rings. The molecule has 2 unspecified atom stereocenters. The van der Waals surface area contributed by atoms with E-state index >= 15 is 0 Å². The minimum atomic E-state index is -0.278. The summed E-state index contributed by atoms with van der Waals surface area (Å²) in [4.78, 5) is 6.31. The molecule has 150 valence electrons. The third-order valence-electron chi connectivity index (χ3n) is 3.89. The molecule has 0 bridgehead atoms. The van der Waals surface area contributed by atoms with E-state index in [1.54, 1.807) is 25.4 Å². The lowest BCUT2D eigenvalue weighted by Gasteiger charge is -2.24. The summed E-state index contributed by atoms with van der Waals surface area (Å²) < 4.78 is 24.2. The molecule has 0 radical (unpaired) electrons. The number of furan rings is 1. The fraction of sp³-hybridized carbons (Fsp3) is 0.421. The number of nitrogens with zero attached hydrogens (tertiary/aromatic N) is 2. The summed E-state index contributed by atoms with van der Waals surface area (Å²) in [6, 6.07) is 9.93. The number of hydrogen-bond acceptors (Lipinski definition) is 4. The summed E-state index contributed by atoms with van der Waals surface area (Å²) in [5, 5.41) is 6.53. The van der Waals surface area contributed by atoms with Gasteiger partial charge in [0.1, 0.15) is 23.4 Å². The highest BCUT2D eigenvalue weighted by Crippen LogP contribution is 2.17. The summed E-state index contributed by atoms with van der Waals surface area (Å²) in [5.74, 6) is 1.93. The van der Waals surface area contributed by atoms with Crippen molar-refractivity contribution < 1.29 is 13.5 Å². The second kappa shape index (κ2) is 11.8. The van der Waals surface area contributed by atoms with Gasteiger partial charge in [0, 0.05) is 13.6 Å². The maximum Gasteiger partial charge on any atom is 0.191 e. The number of benzene rings is 1. The average molecular weight is 490 g/mol. The normalized spacial score (nSPS) is 13.6. The topological polar surface area (TPSA) is 62.0 Å². The predicted molar refractivity (Wildman–Crippen MR) is 116 cm³/mol. The quantitative estimate of drug-likeness (QED) is 0.338. The molecule has 0 aliphatic rings. The Hall–Kier alpha value is -1.81.